The van der Waals surface area contributed by atoms with Crippen molar-refractivity contribution in [2.45, 2.75) is 38.8 Å². The Kier molecular flexibility index (Phi) is 4.71. The molecule has 8 heteroatoms. The third kappa shape index (κ3) is 3.34. The molecule has 1 aromatic rings. The van der Waals surface area contributed by atoms with E-state index in [1.54, 1.807) is 19.1 Å². The van der Waals surface area contributed by atoms with E-state index in [2.05, 4.69) is 5.32 Å². The van der Waals surface area contributed by atoms with Crippen LogP contribution in [0.15, 0.2) is 35.5 Å². The zero-order valence-corrected chi connectivity index (χ0v) is 14.8. The van der Waals surface area contributed by atoms with Crippen LogP contribution in [-0.2, 0) is 9.53 Å². The number of hydrogen-bond acceptors (Lipinski definition) is 5. The average molecular weight is 361 g/mol. The number of non-ortho nitro benzene ring substituents is 1. The molecule has 1 aliphatic carbocycles. The Morgan fingerprint density at radius 2 is 2.04 bits per heavy atom. The Morgan fingerprint density at radius 3 is 2.56 bits per heavy atom. The number of allylic oxidation sites excluding steroid dienone is 1. The van der Waals surface area contributed by atoms with Gasteiger partial charge >= 0.3 is 5.97 Å². The standard InChI is InChI=1S/C17H19N3O4S/c1-3-24-16(21)14-10(2)19(12-8-9-12)17(25)18-15(14)11-4-6-13(7-5-11)20(22)23/h4-7,12,15H,3,8-9H2,1-2H3,(H,18,25)/t15-/m0/s1. The Morgan fingerprint density at radius 1 is 1.40 bits per heavy atom. The van der Waals surface area contributed by atoms with Crippen LogP contribution in [0.25, 0.3) is 0 Å². The van der Waals surface area contributed by atoms with E-state index in [9.17, 15) is 14.9 Å². The Balaban J connectivity index is 2.02. The van der Waals surface area contributed by atoms with E-state index in [-0.39, 0.29) is 12.3 Å². The minimum absolute atomic E-state index is 0.000120. The molecule has 25 heavy (non-hydrogen) atoms. The summed E-state index contributed by atoms with van der Waals surface area (Å²) in [4.78, 5) is 24.9. The lowest BCUT2D eigenvalue weighted by atomic mass is 9.94. The van der Waals surface area contributed by atoms with Crippen molar-refractivity contribution < 1.29 is 14.5 Å². The maximum atomic E-state index is 12.6. The van der Waals surface area contributed by atoms with Crippen molar-refractivity contribution in [2.75, 3.05) is 6.61 Å². The van der Waals surface area contributed by atoms with E-state index in [0.29, 0.717) is 16.7 Å². The summed E-state index contributed by atoms with van der Waals surface area (Å²) in [7, 11) is 0. The van der Waals surface area contributed by atoms with E-state index >= 15 is 0 Å². The van der Waals surface area contributed by atoms with Crippen molar-refractivity contribution in [1.29, 1.82) is 0 Å². The minimum atomic E-state index is -0.484. The molecule has 2 aliphatic rings. The predicted octanol–water partition coefficient (Wildman–Crippen LogP) is 2.83. The summed E-state index contributed by atoms with van der Waals surface area (Å²) in [5.41, 5.74) is 2.01. The van der Waals surface area contributed by atoms with E-state index in [4.69, 9.17) is 17.0 Å². The summed E-state index contributed by atoms with van der Waals surface area (Å²) in [6, 6.07) is 5.95. The van der Waals surface area contributed by atoms with Crippen LogP contribution in [-0.4, -0.2) is 33.6 Å². The molecule has 1 aromatic carbocycles. The molecular formula is C17H19N3O4S. The van der Waals surface area contributed by atoms with Gasteiger partial charge in [0, 0.05) is 23.9 Å². The van der Waals surface area contributed by atoms with Crippen LogP contribution >= 0.6 is 12.2 Å². The number of nitrogens with zero attached hydrogens (tertiary/aromatic N) is 2. The molecule has 1 N–H and O–H groups in total. The molecule has 0 radical (unpaired) electrons. The van der Waals surface area contributed by atoms with Gasteiger partial charge in [0.05, 0.1) is 23.1 Å². The molecule has 1 atom stereocenters. The van der Waals surface area contributed by atoms with Crippen LogP contribution in [0.3, 0.4) is 0 Å². The summed E-state index contributed by atoms with van der Waals surface area (Å²) in [6.07, 6.45) is 2.08. The summed E-state index contributed by atoms with van der Waals surface area (Å²) < 4.78 is 5.23. The molecule has 0 aromatic heterocycles. The number of carbonyl (C=O) groups excluding carboxylic acids is 1. The van der Waals surface area contributed by atoms with Crippen LogP contribution < -0.4 is 5.32 Å². The first-order chi connectivity index (χ1) is 11.9. The van der Waals surface area contributed by atoms with Crippen molar-refractivity contribution in [3.05, 3.63) is 51.2 Å². The number of carbonyl (C=O) groups is 1. The molecule has 3 rings (SSSR count). The number of nitro benzene ring substituents is 1. The topological polar surface area (TPSA) is 84.7 Å². The van der Waals surface area contributed by atoms with E-state index in [1.165, 1.54) is 12.1 Å². The summed E-state index contributed by atoms with van der Waals surface area (Å²) >= 11 is 5.49. The number of nitrogens with one attached hydrogen (secondary N) is 1. The lowest BCUT2D eigenvalue weighted by molar-refractivity contribution is -0.384. The second kappa shape index (κ2) is 6.79. The Bertz CT molecular complexity index is 756. The lowest BCUT2D eigenvalue weighted by Gasteiger charge is -2.37. The second-order valence-electron chi connectivity index (χ2n) is 6.05. The fraction of sp³-hybridized carbons (Fsp3) is 0.412. The zero-order valence-electron chi connectivity index (χ0n) is 14.0. The molecule has 1 heterocycles. The summed E-state index contributed by atoms with van der Waals surface area (Å²) in [5.74, 6) is -0.399. The Hall–Kier alpha value is -2.48. The number of thiocarbonyl (C=S) groups is 1. The summed E-state index contributed by atoms with van der Waals surface area (Å²) in [6.45, 7) is 3.90. The maximum Gasteiger partial charge on any atom is 0.338 e. The van der Waals surface area contributed by atoms with Crippen molar-refractivity contribution in [1.82, 2.24) is 10.2 Å². The molecule has 0 amide bonds. The number of rotatable bonds is 5. The zero-order chi connectivity index (χ0) is 18.1. The van der Waals surface area contributed by atoms with Gasteiger partial charge in [0.2, 0.25) is 0 Å². The van der Waals surface area contributed by atoms with Crippen molar-refractivity contribution >= 4 is 29.0 Å². The van der Waals surface area contributed by atoms with Gasteiger partial charge in [0.25, 0.3) is 5.69 Å². The third-order valence-electron chi connectivity index (χ3n) is 4.37. The van der Waals surface area contributed by atoms with Crippen molar-refractivity contribution in [2.24, 2.45) is 0 Å². The molecule has 7 nitrogen and oxygen atoms in total. The number of benzene rings is 1. The average Bonchev–Trinajstić information content (AvgIpc) is 3.39. The quantitative estimate of drug-likeness (QED) is 0.373. The van der Waals surface area contributed by atoms with Gasteiger partial charge in [-0.25, -0.2) is 4.79 Å². The molecule has 132 valence electrons. The molecular weight excluding hydrogens is 342 g/mol. The monoisotopic (exact) mass is 361 g/mol. The number of esters is 1. The van der Waals surface area contributed by atoms with Gasteiger partial charge in [-0.1, -0.05) is 0 Å². The Labute approximate surface area is 150 Å². The van der Waals surface area contributed by atoms with Crippen LogP contribution in [0.5, 0.6) is 0 Å². The normalized spacial score (nSPS) is 20.3. The summed E-state index contributed by atoms with van der Waals surface area (Å²) in [5, 5.41) is 14.6. The highest BCUT2D eigenvalue weighted by Crippen LogP contribution is 2.38. The first-order valence-corrected chi connectivity index (χ1v) is 8.56. The number of nitro groups is 1. The first kappa shape index (κ1) is 17.3. The van der Waals surface area contributed by atoms with Gasteiger partial charge in [-0.3, -0.25) is 10.1 Å². The molecule has 0 spiro atoms. The van der Waals surface area contributed by atoms with E-state index in [0.717, 1.165) is 24.1 Å². The fourth-order valence-corrected chi connectivity index (χ4v) is 3.45. The minimum Gasteiger partial charge on any atom is -0.463 e. The fourth-order valence-electron chi connectivity index (χ4n) is 3.04. The van der Waals surface area contributed by atoms with Crippen molar-refractivity contribution in [3.63, 3.8) is 0 Å². The highest BCUT2D eigenvalue weighted by atomic mass is 32.1. The SMILES string of the molecule is CCOC(=O)C1=C(C)N(C2CC2)C(=S)N[C@H]1c1ccc([N+](=O)[O-])cc1. The third-order valence-corrected chi connectivity index (χ3v) is 4.69. The molecule has 0 unspecified atom stereocenters. The highest BCUT2D eigenvalue weighted by molar-refractivity contribution is 7.80. The molecule has 1 aliphatic heterocycles. The van der Waals surface area contributed by atoms with Crippen LogP contribution in [0, 0.1) is 10.1 Å². The molecule has 0 bridgehead atoms. The largest absolute Gasteiger partial charge is 0.463 e. The van der Waals surface area contributed by atoms with Crippen molar-refractivity contribution in [3.8, 4) is 0 Å². The molecule has 1 saturated carbocycles. The van der Waals surface area contributed by atoms with E-state index < -0.39 is 16.9 Å². The van der Waals surface area contributed by atoms with Crippen LogP contribution in [0.1, 0.15) is 38.3 Å². The van der Waals surface area contributed by atoms with Gasteiger partial charge in [-0.2, -0.15) is 0 Å². The second-order valence-corrected chi connectivity index (χ2v) is 6.44. The molecule has 1 fully saturated rings. The van der Waals surface area contributed by atoms with Gasteiger partial charge in [-0.05, 0) is 56.6 Å². The van der Waals surface area contributed by atoms with Gasteiger partial charge in [0.1, 0.15) is 0 Å². The highest BCUT2D eigenvalue weighted by Gasteiger charge is 2.40. The lowest BCUT2D eigenvalue weighted by Crippen LogP contribution is -2.48. The number of hydrogen-bond donors (Lipinski definition) is 1. The smallest absolute Gasteiger partial charge is 0.338 e. The number of ether oxygens (including phenoxy) is 1. The van der Waals surface area contributed by atoms with E-state index in [1.807, 2.05) is 11.8 Å². The van der Waals surface area contributed by atoms with Gasteiger partial charge in [-0.15, -0.1) is 0 Å². The van der Waals surface area contributed by atoms with Crippen LogP contribution in [0.2, 0.25) is 0 Å². The van der Waals surface area contributed by atoms with Gasteiger partial charge in [0.15, 0.2) is 5.11 Å². The van der Waals surface area contributed by atoms with Gasteiger partial charge < -0.3 is 15.0 Å². The molecule has 0 saturated heterocycles. The first-order valence-electron chi connectivity index (χ1n) is 8.16. The maximum absolute atomic E-state index is 12.6. The van der Waals surface area contributed by atoms with Crippen LogP contribution in [0.4, 0.5) is 5.69 Å². The predicted molar refractivity (Wildman–Crippen MR) is 95.8 cm³/mol.